The minimum Gasteiger partial charge on any atom is -0.497 e. The van der Waals surface area contributed by atoms with Crippen molar-refractivity contribution in [3.63, 3.8) is 0 Å². The normalized spacial score (nSPS) is 17.0. The maximum absolute atomic E-state index is 13.0. The van der Waals surface area contributed by atoms with Crippen LogP contribution in [0.3, 0.4) is 0 Å². The molecular formula is C21H24N2O4. The zero-order chi connectivity index (χ0) is 19.4. The van der Waals surface area contributed by atoms with Crippen LogP contribution in [-0.2, 0) is 4.79 Å². The standard InChI is InChI=1S/C21H24N2O4/c1-4-27-19-8-6-5-7-18(19)23-14-13-22(15(2)20(23)24)21(25)16-9-11-17(26-3)12-10-16/h5-12,15H,4,13-14H2,1-3H3/t15-/m0/s1. The molecule has 0 aromatic heterocycles. The van der Waals surface area contributed by atoms with E-state index in [1.54, 1.807) is 48.1 Å². The third-order valence-electron chi connectivity index (χ3n) is 4.71. The predicted molar refractivity (Wildman–Crippen MR) is 103 cm³/mol. The molecule has 3 rings (SSSR count). The molecular weight excluding hydrogens is 344 g/mol. The van der Waals surface area contributed by atoms with Gasteiger partial charge in [0.2, 0.25) is 5.91 Å². The van der Waals surface area contributed by atoms with Gasteiger partial charge in [0.05, 0.1) is 19.4 Å². The topological polar surface area (TPSA) is 59.1 Å². The first-order valence-electron chi connectivity index (χ1n) is 9.05. The van der Waals surface area contributed by atoms with Crippen LogP contribution in [0, 0.1) is 0 Å². The first kappa shape index (κ1) is 18.8. The van der Waals surface area contributed by atoms with Crippen molar-refractivity contribution >= 4 is 17.5 Å². The van der Waals surface area contributed by atoms with E-state index in [2.05, 4.69) is 0 Å². The molecule has 0 aliphatic carbocycles. The lowest BCUT2D eigenvalue weighted by molar-refractivity contribution is -0.124. The van der Waals surface area contributed by atoms with Gasteiger partial charge in [0, 0.05) is 18.7 Å². The van der Waals surface area contributed by atoms with Gasteiger partial charge in [-0.1, -0.05) is 12.1 Å². The van der Waals surface area contributed by atoms with Gasteiger partial charge in [0.1, 0.15) is 17.5 Å². The highest BCUT2D eigenvalue weighted by Crippen LogP contribution is 2.31. The molecule has 142 valence electrons. The summed E-state index contributed by atoms with van der Waals surface area (Å²) in [5.41, 5.74) is 1.28. The summed E-state index contributed by atoms with van der Waals surface area (Å²) in [4.78, 5) is 29.2. The van der Waals surface area contributed by atoms with Crippen molar-refractivity contribution < 1.29 is 19.1 Å². The molecule has 1 aliphatic heterocycles. The van der Waals surface area contributed by atoms with Crippen LogP contribution in [-0.4, -0.2) is 49.6 Å². The summed E-state index contributed by atoms with van der Waals surface area (Å²) in [6.07, 6.45) is 0. The minimum absolute atomic E-state index is 0.115. The predicted octanol–water partition coefficient (Wildman–Crippen LogP) is 2.97. The fourth-order valence-corrected chi connectivity index (χ4v) is 3.24. The number of ether oxygens (including phenoxy) is 2. The molecule has 27 heavy (non-hydrogen) atoms. The van der Waals surface area contributed by atoms with Crippen molar-refractivity contribution in [2.75, 3.05) is 31.7 Å². The molecule has 1 aliphatic rings. The van der Waals surface area contributed by atoms with Crippen molar-refractivity contribution in [2.24, 2.45) is 0 Å². The highest BCUT2D eigenvalue weighted by Gasteiger charge is 2.36. The highest BCUT2D eigenvalue weighted by atomic mass is 16.5. The molecule has 0 spiro atoms. The van der Waals surface area contributed by atoms with Crippen LogP contribution in [0.4, 0.5) is 5.69 Å². The molecule has 1 atom stereocenters. The van der Waals surface area contributed by atoms with Crippen LogP contribution in [0.1, 0.15) is 24.2 Å². The van der Waals surface area contributed by atoms with E-state index in [-0.39, 0.29) is 11.8 Å². The molecule has 1 heterocycles. The molecule has 0 radical (unpaired) electrons. The summed E-state index contributed by atoms with van der Waals surface area (Å²) < 4.78 is 10.8. The Kier molecular flexibility index (Phi) is 5.64. The molecule has 2 aromatic rings. The summed E-state index contributed by atoms with van der Waals surface area (Å²) in [6.45, 7) is 5.08. The fraction of sp³-hybridized carbons (Fsp3) is 0.333. The zero-order valence-electron chi connectivity index (χ0n) is 15.8. The maximum Gasteiger partial charge on any atom is 0.254 e. The maximum atomic E-state index is 13.0. The van der Waals surface area contributed by atoms with Gasteiger partial charge >= 0.3 is 0 Å². The molecule has 2 aromatic carbocycles. The second kappa shape index (κ2) is 8.12. The number of rotatable bonds is 5. The second-order valence-electron chi connectivity index (χ2n) is 6.29. The van der Waals surface area contributed by atoms with Crippen LogP contribution < -0.4 is 14.4 Å². The number of nitrogens with zero attached hydrogens (tertiary/aromatic N) is 2. The number of carbonyl (C=O) groups excluding carboxylic acids is 2. The van der Waals surface area contributed by atoms with Gasteiger partial charge in [-0.3, -0.25) is 9.59 Å². The Morgan fingerprint density at radius 3 is 2.48 bits per heavy atom. The number of anilines is 1. The third-order valence-corrected chi connectivity index (χ3v) is 4.71. The van der Waals surface area contributed by atoms with Crippen molar-refractivity contribution in [1.82, 2.24) is 4.90 Å². The minimum atomic E-state index is -0.553. The quantitative estimate of drug-likeness (QED) is 0.814. The summed E-state index contributed by atoms with van der Waals surface area (Å²) in [6, 6.07) is 13.9. The summed E-state index contributed by atoms with van der Waals surface area (Å²) in [5, 5.41) is 0. The molecule has 0 unspecified atom stereocenters. The number of carbonyl (C=O) groups is 2. The van der Waals surface area contributed by atoms with Gasteiger partial charge in [-0.15, -0.1) is 0 Å². The lowest BCUT2D eigenvalue weighted by atomic mass is 10.1. The van der Waals surface area contributed by atoms with Gasteiger partial charge in [-0.25, -0.2) is 0 Å². The van der Waals surface area contributed by atoms with Gasteiger partial charge in [0.15, 0.2) is 0 Å². The Morgan fingerprint density at radius 1 is 1.11 bits per heavy atom. The van der Waals surface area contributed by atoms with E-state index in [0.717, 1.165) is 5.69 Å². The SMILES string of the molecule is CCOc1ccccc1N1CCN(C(=O)c2ccc(OC)cc2)[C@@H](C)C1=O. The summed E-state index contributed by atoms with van der Waals surface area (Å²) in [5.74, 6) is 1.09. The monoisotopic (exact) mass is 368 g/mol. The first-order chi connectivity index (χ1) is 13.1. The Morgan fingerprint density at radius 2 is 1.81 bits per heavy atom. The largest absolute Gasteiger partial charge is 0.497 e. The smallest absolute Gasteiger partial charge is 0.254 e. The average molecular weight is 368 g/mol. The lowest BCUT2D eigenvalue weighted by Crippen LogP contribution is -2.57. The van der Waals surface area contributed by atoms with E-state index in [1.165, 1.54) is 0 Å². The van der Waals surface area contributed by atoms with Gasteiger partial charge in [-0.2, -0.15) is 0 Å². The lowest BCUT2D eigenvalue weighted by Gasteiger charge is -2.39. The van der Waals surface area contributed by atoms with Crippen molar-refractivity contribution in [2.45, 2.75) is 19.9 Å². The van der Waals surface area contributed by atoms with Crippen LogP contribution >= 0.6 is 0 Å². The van der Waals surface area contributed by atoms with Crippen LogP contribution in [0.2, 0.25) is 0 Å². The second-order valence-corrected chi connectivity index (χ2v) is 6.29. The van der Waals surface area contributed by atoms with Crippen molar-refractivity contribution in [1.29, 1.82) is 0 Å². The molecule has 6 nitrogen and oxygen atoms in total. The molecule has 2 amide bonds. The zero-order valence-corrected chi connectivity index (χ0v) is 15.8. The first-order valence-corrected chi connectivity index (χ1v) is 9.05. The number of piperazine rings is 1. The average Bonchev–Trinajstić information content (AvgIpc) is 2.70. The molecule has 0 N–H and O–H groups in total. The molecule has 6 heteroatoms. The Hall–Kier alpha value is -3.02. The van der Waals surface area contributed by atoms with Crippen LogP contribution in [0.25, 0.3) is 0 Å². The fourth-order valence-electron chi connectivity index (χ4n) is 3.24. The number of amides is 2. The third kappa shape index (κ3) is 3.74. The Bertz CT molecular complexity index is 819. The van der Waals surface area contributed by atoms with E-state index in [9.17, 15) is 9.59 Å². The molecule has 1 fully saturated rings. The van der Waals surface area contributed by atoms with E-state index < -0.39 is 6.04 Å². The molecule has 0 bridgehead atoms. The summed E-state index contributed by atoms with van der Waals surface area (Å²) >= 11 is 0. The molecule has 0 saturated carbocycles. The number of hydrogen-bond donors (Lipinski definition) is 0. The van der Waals surface area contributed by atoms with Gasteiger partial charge in [-0.05, 0) is 50.2 Å². The Labute approximate surface area is 159 Å². The summed E-state index contributed by atoms with van der Waals surface area (Å²) in [7, 11) is 1.58. The number of benzene rings is 2. The van der Waals surface area contributed by atoms with Crippen LogP contribution in [0.15, 0.2) is 48.5 Å². The van der Waals surface area contributed by atoms with Crippen LogP contribution in [0.5, 0.6) is 11.5 Å². The van der Waals surface area contributed by atoms with Crippen molar-refractivity contribution in [3.05, 3.63) is 54.1 Å². The number of methoxy groups -OCH3 is 1. The highest BCUT2D eigenvalue weighted by molar-refractivity contribution is 6.04. The van der Waals surface area contributed by atoms with Gasteiger partial charge in [0.25, 0.3) is 5.91 Å². The Balaban J connectivity index is 1.79. The van der Waals surface area contributed by atoms with E-state index >= 15 is 0 Å². The van der Waals surface area contributed by atoms with E-state index in [1.807, 2.05) is 31.2 Å². The number of hydrogen-bond acceptors (Lipinski definition) is 4. The molecule has 1 saturated heterocycles. The van der Waals surface area contributed by atoms with E-state index in [4.69, 9.17) is 9.47 Å². The van der Waals surface area contributed by atoms with Gasteiger partial charge < -0.3 is 19.3 Å². The van der Waals surface area contributed by atoms with E-state index in [0.29, 0.717) is 36.8 Å². The van der Waals surface area contributed by atoms with Crippen molar-refractivity contribution in [3.8, 4) is 11.5 Å². The number of para-hydroxylation sites is 2.